The Hall–Kier alpha value is -6.82. The standard InChI is InChI=1S/C79H125F5N12O13/c1-14-48(5)66-74(106)89(9)45-64(99)91(11)58-28-22-19-23-37-95(73(58)105)61-40-50-31-29-49(30-32-50)26-20-18-21-27-57(68(100)86-66)90(10)63(98)42-60(72(104)94-35-24-25-36-94)92(12)75(107)67(52(15-2)16-3)93(13)76(108)78(46-77(6,7)47-78)87-69(101)59-41-53(109-17-4)43-96(59)70(102)56(85-62(97)44-88(8)71(61)103)34-33-51-38-54(80)65(55(81)39-51)79(82,83)84/h19-20,22,26,48-61,65-67,75,107H,14-18,21,23-25,27-47H2,1-13H3,(H,85,97)(H,86,100)(H,87,101)/b22-19-,26-20+/t48-,49?,50?,51?,53+,54?,55?,56-,57-,58-,59-,60-,61-,65?,66-,67-,75?/m0/s1. The maximum atomic E-state index is 15.9. The van der Waals surface area contributed by atoms with Gasteiger partial charge in [-0.15, -0.1) is 0 Å². The lowest BCUT2D eigenvalue weighted by Gasteiger charge is -2.55. The van der Waals surface area contributed by atoms with Crippen LogP contribution in [0.15, 0.2) is 24.3 Å². The topological polar surface area (TPSA) is 282 Å². The van der Waals surface area contributed by atoms with Crippen molar-refractivity contribution in [3.05, 3.63) is 24.3 Å². The van der Waals surface area contributed by atoms with E-state index in [0.29, 0.717) is 90.1 Å². The second-order valence-corrected chi connectivity index (χ2v) is 33.6. The zero-order chi connectivity index (χ0) is 80.3. The lowest BCUT2D eigenvalue weighted by Crippen LogP contribution is -2.72. The largest absolute Gasteiger partial charge is 0.397 e. The number of likely N-dealkylation sites (tertiary alicyclic amines) is 1. The van der Waals surface area contributed by atoms with Crippen LogP contribution < -0.4 is 16.0 Å². The van der Waals surface area contributed by atoms with E-state index >= 15 is 47.1 Å². The molecule has 0 aromatic rings. The summed E-state index contributed by atoms with van der Waals surface area (Å²) in [6.45, 7) is 12.3. The summed E-state index contributed by atoms with van der Waals surface area (Å²) < 4.78 is 79.3. The van der Waals surface area contributed by atoms with E-state index in [1.165, 1.54) is 76.6 Å². The Morgan fingerprint density at radius 1 is 0.651 bits per heavy atom. The Labute approximate surface area is 641 Å². The molecule has 13 atom stereocenters. The fourth-order valence-corrected chi connectivity index (χ4v) is 18.7. The Morgan fingerprint density at radius 3 is 1.89 bits per heavy atom. The highest BCUT2D eigenvalue weighted by molar-refractivity contribution is 5.99. The van der Waals surface area contributed by atoms with Crippen molar-refractivity contribution in [2.45, 2.75) is 281 Å². The van der Waals surface area contributed by atoms with E-state index in [-0.39, 0.29) is 82.9 Å². The first-order chi connectivity index (χ1) is 51.4. The molecule has 109 heavy (non-hydrogen) atoms. The summed E-state index contributed by atoms with van der Waals surface area (Å²) >= 11 is 0. The number of carbonyl (C=O) groups is 11. The number of ether oxygens (including phenoxy) is 1. The van der Waals surface area contributed by atoms with Gasteiger partial charge in [0.15, 0.2) is 0 Å². The van der Waals surface area contributed by atoms with Crippen LogP contribution >= 0.6 is 0 Å². The second kappa shape index (κ2) is 38.1. The van der Waals surface area contributed by atoms with Crippen LogP contribution in [0.5, 0.6) is 0 Å². The van der Waals surface area contributed by atoms with E-state index in [1.54, 1.807) is 24.8 Å². The van der Waals surface area contributed by atoms with Gasteiger partial charge in [-0.05, 0) is 165 Å². The number of alkyl halides is 5. The molecule has 6 bridgehead atoms. The molecule has 10 rings (SSSR count). The van der Waals surface area contributed by atoms with Crippen molar-refractivity contribution in [3.8, 4) is 0 Å². The van der Waals surface area contributed by atoms with Crippen molar-refractivity contribution >= 4 is 65.0 Å². The molecule has 30 heteroatoms. The first-order valence-electron chi connectivity index (χ1n) is 40.2. The van der Waals surface area contributed by atoms with Gasteiger partial charge in [0.05, 0.1) is 37.7 Å². The number of fused-ring (bicyclic) bond motifs is 22. The summed E-state index contributed by atoms with van der Waals surface area (Å²) in [5.74, 6) is -12.3. The molecule has 7 aliphatic heterocycles. The molecule has 0 aromatic heterocycles. The molecule has 2 saturated heterocycles. The lowest BCUT2D eigenvalue weighted by molar-refractivity contribution is -0.219. The Bertz CT molecular complexity index is 3250. The van der Waals surface area contributed by atoms with Gasteiger partial charge >= 0.3 is 6.18 Å². The van der Waals surface area contributed by atoms with Gasteiger partial charge in [0.25, 0.3) is 0 Å². The molecular formula is C79H125F5N12O13. The maximum absolute atomic E-state index is 15.9. The number of aliphatic hydroxyl groups excluding tert-OH is 1. The van der Waals surface area contributed by atoms with E-state index in [1.807, 2.05) is 46.8 Å². The summed E-state index contributed by atoms with van der Waals surface area (Å²) in [7, 11) is 8.71. The van der Waals surface area contributed by atoms with Crippen LogP contribution in [0.4, 0.5) is 22.0 Å². The van der Waals surface area contributed by atoms with E-state index < -0.39 is 211 Å². The number of amides is 11. The monoisotopic (exact) mass is 1540 g/mol. The quantitative estimate of drug-likeness (QED) is 0.0953. The van der Waals surface area contributed by atoms with Crippen molar-refractivity contribution in [1.29, 1.82) is 0 Å². The van der Waals surface area contributed by atoms with E-state index in [4.69, 9.17) is 4.74 Å². The average Bonchev–Trinajstić information content (AvgIpc) is 1.31. The fraction of sp³-hybridized carbons (Fsp3) is 0.810. The number of rotatable bonds is 11. The number of allylic oxidation sites excluding steroid dienone is 2. The summed E-state index contributed by atoms with van der Waals surface area (Å²) in [6, 6.07) is -10.3. The Morgan fingerprint density at radius 2 is 1.28 bits per heavy atom. The minimum atomic E-state index is -5.18. The minimum Gasteiger partial charge on any atom is -0.377 e. The predicted molar refractivity (Wildman–Crippen MR) is 398 cm³/mol. The predicted octanol–water partition coefficient (Wildman–Crippen LogP) is 6.69. The molecule has 0 radical (unpaired) electrons. The van der Waals surface area contributed by atoms with Crippen LogP contribution in [0.3, 0.4) is 0 Å². The van der Waals surface area contributed by atoms with Crippen molar-refractivity contribution in [3.63, 3.8) is 0 Å². The average molecular weight is 1550 g/mol. The molecule has 0 aromatic carbocycles. The smallest absolute Gasteiger partial charge is 0.377 e. The molecule has 5 fully saturated rings. The second-order valence-electron chi connectivity index (χ2n) is 33.6. The van der Waals surface area contributed by atoms with Gasteiger partial charge in [0.2, 0.25) is 65.0 Å². The number of hydrogen-bond acceptors (Lipinski definition) is 14. The third-order valence-corrected chi connectivity index (χ3v) is 25.2. The van der Waals surface area contributed by atoms with E-state index in [2.05, 4.69) is 22.0 Å². The summed E-state index contributed by atoms with van der Waals surface area (Å²) in [5.41, 5.74) is -2.24. The number of likely N-dealkylation sites (N-methyl/N-ethyl adjacent to an activating group) is 6. The number of halogens is 5. The third kappa shape index (κ3) is 21.1. The molecule has 3 unspecified atom stereocenters. The van der Waals surface area contributed by atoms with Crippen LogP contribution in [0.1, 0.15) is 196 Å². The molecular weight excluding hydrogens is 1420 g/mol. The van der Waals surface area contributed by atoms with Gasteiger partial charge in [-0.3, -0.25) is 57.6 Å². The normalized spacial score (nSPS) is 33.8. The van der Waals surface area contributed by atoms with Gasteiger partial charge in [-0.1, -0.05) is 85.1 Å². The van der Waals surface area contributed by atoms with E-state index in [0.717, 1.165) is 4.90 Å². The minimum absolute atomic E-state index is 0.0181. The van der Waals surface area contributed by atoms with Crippen LogP contribution in [-0.2, 0) is 57.5 Å². The highest BCUT2D eigenvalue weighted by Gasteiger charge is 2.60. The first kappa shape index (κ1) is 87.8. The fourth-order valence-electron chi connectivity index (χ4n) is 18.7. The SMILES string of the molecule is CCO[C@@H]1C[C@H]2C(=O)NC3(CC(C)(C)C3)C(=O)N(C)[C@@H](C(CC)CC)C(O)N(C)[C@H](C(=O)N3CCCC3)CC(=O)N(C)[C@H]3CCC/C=C/C4CCC(CC4)C[C@@H](C(=O)N(C)CC(=O)N[C@@H](CCC4CC(F)C(C(F)(F)F)C(F)C4)C(=O)N2C1)N1CC/C=C\C[C@@H](C1=O)N(C)C(=O)CN(C)C(=O)[C@H]([C@@H](C)CC)NC3=O. The summed E-state index contributed by atoms with van der Waals surface area (Å²) in [6.07, 6.45) is -0.940. The van der Waals surface area contributed by atoms with Crippen LogP contribution in [0, 0.1) is 40.9 Å². The Kier molecular flexibility index (Phi) is 30.7. The molecule has 4 N–H and O–H groups in total. The van der Waals surface area contributed by atoms with Gasteiger partial charge in [0, 0.05) is 74.4 Å². The zero-order valence-corrected chi connectivity index (χ0v) is 66.7. The number of hydrogen-bond donors (Lipinski definition) is 4. The van der Waals surface area contributed by atoms with Crippen LogP contribution in [-0.4, -0.2) is 287 Å². The van der Waals surface area contributed by atoms with Gasteiger partial charge in [-0.25, -0.2) is 8.78 Å². The van der Waals surface area contributed by atoms with Crippen LogP contribution in [0.25, 0.3) is 0 Å². The van der Waals surface area contributed by atoms with Crippen molar-refractivity contribution in [2.24, 2.45) is 40.9 Å². The highest BCUT2D eigenvalue weighted by atomic mass is 19.4. The molecule has 1 spiro atoms. The molecule has 614 valence electrons. The van der Waals surface area contributed by atoms with Crippen molar-refractivity contribution in [2.75, 3.05) is 88.2 Å². The van der Waals surface area contributed by atoms with Crippen LogP contribution in [0.2, 0.25) is 0 Å². The zero-order valence-electron chi connectivity index (χ0n) is 66.7. The molecule has 7 heterocycles. The molecule has 10 aliphatic rings. The molecule has 11 amide bonds. The molecule has 25 nitrogen and oxygen atoms in total. The van der Waals surface area contributed by atoms with Gasteiger partial charge < -0.3 is 65.0 Å². The first-order valence-corrected chi connectivity index (χ1v) is 40.2. The van der Waals surface area contributed by atoms with E-state index in [9.17, 15) is 32.7 Å². The number of aliphatic hydroxyl groups is 1. The molecule has 3 saturated carbocycles. The third-order valence-electron chi connectivity index (χ3n) is 25.2. The summed E-state index contributed by atoms with van der Waals surface area (Å²) in [5, 5.41) is 22.0. The summed E-state index contributed by atoms with van der Waals surface area (Å²) in [4.78, 5) is 181. The van der Waals surface area contributed by atoms with Crippen molar-refractivity contribution in [1.82, 2.24) is 60.0 Å². The molecule has 3 aliphatic carbocycles. The number of nitrogens with zero attached hydrogens (tertiary/aromatic N) is 9. The van der Waals surface area contributed by atoms with Crippen molar-refractivity contribution < 1.29 is 84.5 Å². The highest BCUT2D eigenvalue weighted by Crippen LogP contribution is 2.50. The van der Waals surface area contributed by atoms with Gasteiger partial charge in [-0.2, -0.15) is 13.2 Å². The number of nitrogens with one attached hydrogen (secondary N) is 3. The van der Waals surface area contributed by atoms with Gasteiger partial charge in [0.1, 0.15) is 66.3 Å². The Balaban J connectivity index is 1.27. The lowest BCUT2D eigenvalue weighted by atomic mass is 9.58. The maximum Gasteiger partial charge on any atom is 0.397 e. The number of carbonyl (C=O) groups excluding carboxylic acids is 11.